The maximum atomic E-state index is 6.25. The summed E-state index contributed by atoms with van der Waals surface area (Å²) in [4.78, 5) is 0. The van der Waals surface area contributed by atoms with Gasteiger partial charge in [-0.3, -0.25) is 0 Å². The normalized spacial score (nSPS) is 12.9. The molecule has 2 heteroatoms. The van der Waals surface area contributed by atoms with E-state index in [1.54, 1.807) is 6.26 Å². The summed E-state index contributed by atoms with van der Waals surface area (Å²) in [6, 6.07) is 10.4. The van der Waals surface area contributed by atoms with Crippen molar-refractivity contribution in [1.82, 2.24) is 0 Å². The molecule has 2 nitrogen and oxygen atoms in total. The Balaban J connectivity index is 2.17. The van der Waals surface area contributed by atoms with E-state index >= 15 is 0 Å². The topological polar surface area (TPSA) is 39.2 Å². The highest BCUT2D eigenvalue weighted by atomic mass is 16.3. The first-order valence-electron chi connectivity index (χ1n) is 6.46. The van der Waals surface area contributed by atoms with E-state index in [0.29, 0.717) is 5.92 Å². The summed E-state index contributed by atoms with van der Waals surface area (Å²) in [5.41, 5.74) is 9.81. The lowest BCUT2D eigenvalue weighted by molar-refractivity contribution is 0.527. The van der Waals surface area contributed by atoms with Crippen LogP contribution in [0.3, 0.4) is 0 Å². The molecule has 0 aliphatic heterocycles. The first-order valence-corrected chi connectivity index (χ1v) is 6.46. The Labute approximate surface area is 109 Å². The van der Waals surface area contributed by atoms with Gasteiger partial charge in [0.05, 0.1) is 12.3 Å². The second kappa shape index (κ2) is 5.40. The minimum atomic E-state index is -0.100. The molecule has 1 aromatic heterocycles. The third-order valence-corrected chi connectivity index (χ3v) is 3.22. The zero-order valence-electron chi connectivity index (χ0n) is 11.3. The van der Waals surface area contributed by atoms with Crippen molar-refractivity contribution in [2.45, 2.75) is 33.2 Å². The van der Waals surface area contributed by atoms with E-state index in [1.807, 2.05) is 13.0 Å². The zero-order chi connectivity index (χ0) is 13.1. The molecule has 1 atom stereocenters. The molecule has 96 valence electrons. The fraction of sp³-hybridized carbons (Fsp3) is 0.375. The van der Waals surface area contributed by atoms with Crippen LogP contribution in [0.1, 0.15) is 42.3 Å². The van der Waals surface area contributed by atoms with Crippen LogP contribution in [-0.4, -0.2) is 0 Å². The molecule has 0 radical (unpaired) electrons. The van der Waals surface area contributed by atoms with Crippen LogP contribution >= 0.6 is 0 Å². The third-order valence-electron chi connectivity index (χ3n) is 3.22. The van der Waals surface area contributed by atoms with Crippen molar-refractivity contribution >= 4 is 0 Å². The SMILES string of the molecule is Cc1occc1C(N)c1ccc(CC(C)C)cc1. The Kier molecular flexibility index (Phi) is 3.87. The van der Waals surface area contributed by atoms with Crippen molar-refractivity contribution in [3.63, 3.8) is 0 Å². The Hall–Kier alpha value is -1.54. The predicted molar refractivity (Wildman–Crippen MR) is 74.5 cm³/mol. The number of furan rings is 1. The van der Waals surface area contributed by atoms with Crippen LogP contribution in [0, 0.1) is 12.8 Å². The van der Waals surface area contributed by atoms with Gasteiger partial charge >= 0.3 is 0 Å². The molecule has 0 saturated carbocycles. The molecule has 1 heterocycles. The monoisotopic (exact) mass is 243 g/mol. The van der Waals surface area contributed by atoms with Crippen LogP contribution < -0.4 is 5.73 Å². The Morgan fingerprint density at radius 1 is 1.11 bits per heavy atom. The number of aryl methyl sites for hydroxylation is 1. The van der Waals surface area contributed by atoms with Crippen LogP contribution in [0.2, 0.25) is 0 Å². The van der Waals surface area contributed by atoms with Gasteiger partial charge in [0.1, 0.15) is 5.76 Å². The number of benzene rings is 1. The van der Waals surface area contributed by atoms with E-state index in [4.69, 9.17) is 10.2 Å². The summed E-state index contributed by atoms with van der Waals surface area (Å²) in [7, 11) is 0. The van der Waals surface area contributed by atoms with E-state index < -0.39 is 0 Å². The van der Waals surface area contributed by atoms with Crippen LogP contribution in [-0.2, 0) is 6.42 Å². The average molecular weight is 243 g/mol. The molecule has 1 unspecified atom stereocenters. The van der Waals surface area contributed by atoms with Gasteiger partial charge in [-0.2, -0.15) is 0 Å². The van der Waals surface area contributed by atoms with Crippen LogP contribution in [0.4, 0.5) is 0 Å². The van der Waals surface area contributed by atoms with Gasteiger partial charge < -0.3 is 10.2 Å². The fourth-order valence-corrected chi connectivity index (χ4v) is 2.23. The largest absolute Gasteiger partial charge is 0.469 e. The summed E-state index contributed by atoms with van der Waals surface area (Å²) < 4.78 is 5.30. The van der Waals surface area contributed by atoms with E-state index in [1.165, 1.54) is 5.56 Å². The third kappa shape index (κ3) is 2.82. The van der Waals surface area contributed by atoms with Gasteiger partial charge in [0.2, 0.25) is 0 Å². The summed E-state index contributed by atoms with van der Waals surface area (Å²) in [6.07, 6.45) is 2.80. The minimum absolute atomic E-state index is 0.100. The molecule has 1 aromatic carbocycles. The van der Waals surface area contributed by atoms with Crippen LogP contribution in [0.25, 0.3) is 0 Å². The molecule has 0 saturated heterocycles. The molecule has 2 aromatic rings. The number of nitrogens with two attached hydrogens (primary N) is 1. The summed E-state index contributed by atoms with van der Waals surface area (Å²) in [5, 5.41) is 0. The Morgan fingerprint density at radius 3 is 2.28 bits per heavy atom. The smallest absolute Gasteiger partial charge is 0.105 e. The van der Waals surface area contributed by atoms with E-state index in [2.05, 4.69) is 38.1 Å². The molecule has 0 bridgehead atoms. The maximum Gasteiger partial charge on any atom is 0.105 e. The van der Waals surface area contributed by atoms with Gasteiger partial charge in [0.15, 0.2) is 0 Å². The molecule has 0 amide bonds. The quantitative estimate of drug-likeness (QED) is 0.886. The van der Waals surface area contributed by atoms with E-state index in [-0.39, 0.29) is 6.04 Å². The van der Waals surface area contributed by atoms with Crippen molar-refractivity contribution < 1.29 is 4.42 Å². The van der Waals surface area contributed by atoms with Crippen molar-refractivity contribution in [3.05, 3.63) is 59.0 Å². The van der Waals surface area contributed by atoms with Gasteiger partial charge in [-0.15, -0.1) is 0 Å². The average Bonchev–Trinajstić information content (AvgIpc) is 2.75. The summed E-state index contributed by atoms with van der Waals surface area (Å²) >= 11 is 0. The second-order valence-electron chi connectivity index (χ2n) is 5.25. The van der Waals surface area contributed by atoms with E-state index in [0.717, 1.165) is 23.3 Å². The molecule has 18 heavy (non-hydrogen) atoms. The Bertz CT molecular complexity index is 496. The minimum Gasteiger partial charge on any atom is -0.469 e. The summed E-state index contributed by atoms with van der Waals surface area (Å²) in [6.45, 7) is 6.41. The fourth-order valence-electron chi connectivity index (χ4n) is 2.23. The van der Waals surface area contributed by atoms with Gasteiger partial charge in [-0.25, -0.2) is 0 Å². The first-order chi connectivity index (χ1) is 8.58. The van der Waals surface area contributed by atoms with Gasteiger partial charge in [-0.1, -0.05) is 38.1 Å². The lowest BCUT2D eigenvalue weighted by Crippen LogP contribution is -2.12. The number of rotatable bonds is 4. The standard InChI is InChI=1S/C16H21NO/c1-11(2)10-13-4-6-14(7-5-13)16(17)15-8-9-18-12(15)3/h4-9,11,16H,10,17H2,1-3H3. The van der Waals surface area contributed by atoms with Crippen molar-refractivity contribution in [2.24, 2.45) is 11.7 Å². The molecule has 0 fully saturated rings. The van der Waals surface area contributed by atoms with Gasteiger partial charge in [0.25, 0.3) is 0 Å². The van der Waals surface area contributed by atoms with Gasteiger partial charge in [0, 0.05) is 5.56 Å². The first kappa shape index (κ1) is 12.9. The van der Waals surface area contributed by atoms with Gasteiger partial charge in [-0.05, 0) is 36.5 Å². The number of hydrogen-bond acceptors (Lipinski definition) is 2. The number of hydrogen-bond donors (Lipinski definition) is 1. The van der Waals surface area contributed by atoms with Crippen molar-refractivity contribution in [2.75, 3.05) is 0 Å². The maximum absolute atomic E-state index is 6.25. The molecule has 2 rings (SSSR count). The van der Waals surface area contributed by atoms with Crippen LogP contribution in [0.5, 0.6) is 0 Å². The van der Waals surface area contributed by atoms with E-state index in [9.17, 15) is 0 Å². The van der Waals surface area contributed by atoms with Crippen LogP contribution in [0.15, 0.2) is 41.0 Å². The molecule has 0 aliphatic carbocycles. The highest BCUT2D eigenvalue weighted by Gasteiger charge is 2.13. The second-order valence-corrected chi connectivity index (χ2v) is 5.25. The zero-order valence-corrected chi connectivity index (χ0v) is 11.3. The summed E-state index contributed by atoms with van der Waals surface area (Å²) in [5.74, 6) is 1.58. The highest BCUT2D eigenvalue weighted by Crippen LogP contribution is 2.24. The lowest BCUT2D eigenvalue weighted by Gasteiger charge is -2.12. The molecule has 0 aliphatic rings. The predicted octanol–water partition coefficient (Wildman–Crippen LogP) is 3.83. The molecular formula is C16H21NO. The molecular weight excluding hydrogens is 222 g/mol. The molecule has 2 N–H and O–H groups in total. The van der Waals surface area contributed by atoms with Crippen molar-refractivity contribution in [3.8, 4) is 0 Å². The highest BCUT2D eigenvalue weighted by molar-refractivity contribution is 5.34. The Morgan fingerprint density at radius 2 is 1.78 bits per heavy atom. The lowest BCUT2D eigenvalue weighted by atomic mass is 9.96. The van der Waals surface area contributed by atoms with Crippen molar-refractivity contribution in [1.29, 1.82) is 0 Å². The molecule has 0 spiro atoms.